The average Bonchev–Trinajstić information content (AvgIpc) is 3.50. The predicted octanol–water partition coefficient (Wildman–Crippen LogP) is 0.172. The van der Waals surface area contributed by atoms with Gasteiger partial charge in [0.1, 0.15) is 0 Å². The largest absolute Gasteiger partial charge is 0.347 e. The van der Waals surface area contributed by atoms with Crippen molar-refractivity contribution in [2.75, 3.05) is 39.0 Å². The van der Waals surface area contributed by atoms with Crippen molar-refractivity contribution >= 4 is 51.5 Å². The molecular formula is C32H47N7O10S. The van der Waals surface area contributed by atoms with Gasteiger partial charge < -0.3 is 35.6 Å². The molecule has 0 aromatic carbocycles. The Labute approximate surface area is 293 Å². The van der Waals surface area contributed by atoms with Gasteiger partial charge >= 0.3 is 0 Å². The first-order valence-electron chi connectivity index (χ1n) is 14.6. The molecule has 0 aromatic rings. The van der Waals surface area contributed by atoms with Gasteiger partial charge in [-0.2, -0.15) is 8.42 Å². The van der Waals surface area contributed by atoms with E-state index in [9.17, 15) is 42.0 Å². The number of nitrogens with zero attached hydrogens (tertiary/aromatic N) is 4. The highest BCUT2D eigenvalue weighted by Gasteiger charge is 2.29. The molecule has 0 radical (unpaired) electrons. The summed E-state index contributed by atoms with van der Waals surface area (Å²) in [5, 5.41) is 7.09. The second kappa shape index (κ2) is 23.7. The summed E-state index contributed by atoms with van der Waals surface area (Å²) < 4.78 is 29.5. The van der Waals surface area contributed by atoms with Gasteiger partial charge in [0.2, 0.25) is 41.4 Å². The number of hydrogen-bond donors (Lipinski definition) is 4. The third-order valence-electron chi connectivity index (χ3n) is 5.90. The lowest BCUT2D eigenvalue weighted by Crippen LogP contribution is -2.58. The van der Waals surface area contributed by atoms with Crippen molar-refractivity contribution < 1.29 is 46.5 Å². The van der Waals surface area contributed by atoms with Crippen LogP contribution in [0.15, 0.2) is 88.7 Å². The molecule has 7 amide bonds. The first-order valence-corrected chi connectivity index (χ1v) is 16.2. The number of amides is 7. The number of likely N-dealkylation sites (tertiary alicyclic amines) is 1. The van der Waals surface area contributed by atoms with Crippen molar-refractivity contribution in [3.8, 4) is 0 Å². The molecule has 17 nitrogen and oxygen atoms in total. The van der Waals surface area contributed by atoms with Gasteiger partial charge in [-0.25, -0.2) is 0 Å². The van der Waals surface area contributed by atoms with Gasteiger partial charge in [0.25, 0.3) is 10.1 Å². The van der Waals surface area contributed by atoms with Crippen LogP contribution in [-0.4, -0.2) is 118 Å². The smallest absolute Gasteiger partial charge is 0.267 e. The van der Waals surface area contributed by atoms with E-state index in [1.54, 1.807) is 11.1 Å². The second-order valence-electron chi connectivity index (χ2n) is 10.5. The summed E-state index contributed by atoms with van der Waals surface area (Å²) in [5.74, 6) is -2.49. The van der Waals surface area contributed by atoms with Gasteiger partial charge in [0.15, 0.2) is 0 Å². The highest BCUT2D eigenvalue weighted by Crippen LogP contribution is 2.10. The maximum atomic E-state index is 11.6. The summed E-state index contributed by atoms with van der Waals surface area (Å²) in [7, 11) is -4.08. The number of nitrogens with one attached hydrogen (secondary N) is 3. The number of hydrogen-bond acceptors (Lipinski definition) is 9. The summed E-state index contributed by atoms with van der Waals surface area (Å²) in [6.45, 7) is 27.6. The van der Waals surface area contributed by atoms with Gasteiger partial charge in [-0.05, 0) is 62.9 Å². The minimum absolute atomic E-state index is 0.0930. The average molecular weight is 722 g/mol. The molecule has 0 bridgehead atoms. The Morgan fingerprint density at radius 2 is 1.10 bits per heavy atom. The van der Waals surface area contributed by atoms with Crippen LogP contribution in [0.3, 0.4) is 0 Å². The van der Waals surface area contributed by atoms with E-state index < -0.39 is 27.3 Å². The predicted molar refractivity (Wildman–Crippen MR) is 187 cm³/mol. The Kier molecular flexibility index (Phi) is 22.0. The highest BCUT2D eigenvalue weighted by atomic mass is 32.2. The van der Waals surface area contributed by atoms with Crippen molar-refractivity contribution in [2.45, 2.75) is 32.2 Å². The van der Waals surface area contributed by atoms with Gasteiger partial charge in [-0.1, -0.05) is 46.1 Å². The van der Waals surface area contributed by atoms with Crippen molar-refractivity contribution in [1.82, 2.24) is 35.6 Å². The molecule has 50 heavy (non-hydrogen) atoms. The van der Waals surface area contributed by atoms with Crippen molar-refractivity contribution in [2.24, 2.45) is 0 Å². The van der Waals surface area contributed by atoms with Crippen LogP contribution in [0.4, 0.5) is 0 Å². The Hall–Kier alpha value is -5.62. The third-order valence-corrected chi connectivity index (χ3v) is 6.99. The fourth-order valence-corrected chi connectivity index (χ4v) is 4.64. The lowest BCUT2D eigenvalue weighted by atomic mass is 10.1. The van der Waals surface area contributed by atoms with Gasteiger partial charge in [-0.15, -0.1) is 0 Å². The van der Waals surface area contributed by atoms with Crippen molar-refractivity contribution in [3.05, 3.63) is 88.7 Å². The Bertz CT molecular complexity index is 1350. The normalized spacial score (nSPS) is 13.5. The third kappa shape index (κ3) is 20.6. The minimum atomic E-state index is -4.08. The van der Waals surface area contributed by atoms with E-state index in [0.29, 0.717) is 6.42 Å². The van der Waals surface area contributed by atoms with E-state index in [0.717, 1.165) is 49.4 Å². The molecule has 0 spiro atoms. The zero-order valence-corrected chi connectivity index (χ0v) is 29.3. The molecule has 2 heterocycles. The van der Waals surface area contributed by atoms with E-state index >= 15 is 0 Å². The topological polar surface area (TPSA) is 223 Å². The van der Waals surface area contributed by atoms with E-state index in [-0.39, 0.29) is 62.1 Å². The Morgan fingerprint density at radius 3 is 1.34 bits per heavy atom. The molecule has 2 fully saturated rings. The van der Waals surface area contributed by atoms with Crippen molar-refractivity contribution in [1.29, 1.82) is 0 Å². The number of carbonyl (C=O) groups is 7. The van der Waals surface area contributed by atoms with Crippen LogP contribution in [0, 0.1) is 0 Å². The molecule has 18 heteroatoms. The van der Waals surface area contributed by atoms with Crippen molar-refractivity contribution in [3.63, 3.8) is 0 Å². The highest BCUT2D eigenvalue weighted by molar-refractivity contribution is 7.85. The van der Waals surface area contributed by atoms with Gasteiger partial charge in [-0.3, -0.25) is 38.1 Å². The van der Waals surface area contributed by atoms with Crippen LogP contribution in [0.5, 0.6) is 0 Å². The van der Waals surface area contributed by atoms with Gasteiger partial charge in [0.05, 0.1) is 38.0 Å². The minimum Gasteiger partial charge on any atom is -0.347 e. The van der Waals surface area contributed by atoms with Crippen LogP contribution in [0.2, 0.25) is 0 Å². The van der Waals surface area contributed by atoms with Gasteiger partial charge in [0, 0.05) is 13.0 Å². The van der Waals surface area contributed by atoms with E-state index in [1.165, 1.54) is 28.5 Å². The molecule has 0 atom stereocenters. The lowest BCUT2D eigenvalue weighted by Gasteiger charge is -2.41. The monoisotopic (exact) mass is 721 g/mol. The number of rotatable bonds is 12. The van der Waals surface area contributed by atoms with E-state index in [1.807, 2.05) is 0 Å². The quantitative estimate of drug-likeness (QED) is 0.122. The summed E-state index contributed by atoms with van der Waals surface area (Å²) in [6.07, 6.45) is 9.98. The molecule has 2 aliphatic rings. The first-order chi connectivity index (χ1) is 23.2. The zero-order chi connectivity index (χ0) is 39.1. The summed E-state index contributed by atoms with van der Waals surface area (Å²) in [5.41, 5.74) is -1.00. The second-order valence-corrected chi connectivity index (χ2v) is 12.0. The van der Waals surface area contributed by atoms with E-state index in [2.05, 4.69) is 62.0 Å². The molecule has 2 aliphatic heterocycles. The van der Waals surface area contributed by atoms with Crippen LogP contribution >= 0.6 is 0 Å². The molecular weight excluding hydrogens is 674 g/mol. The summed E-state index contributed by atoms with van der Waals surface area (Å²) in [4.78, 5) is 82.7. The molecule has 2 saturated heterocycles. The standard InChI is InChI=1S/C12H15N3O3.C7H10N2O2.C7H13NO4S.C6H9NO/c1-4-10(16)13-7-14(11(17)5-2)9-15(8-13)12(18)6-3;1-3-6(10)8-5-9-7(11)4-2;1-4-6(9)8-7(2,3)5-13(10,11)12;1-2-7-5-3-4-6(7)8/h4-6H,1-3,7-9H2;3-4H,1-2,5H2,(H,8,10)(H,9,11);4H,1,5H2,2-3H3,(H,8,9)(H,10,11,12);2H,1,3-5H2. The molecule has 0 aromatic heterocycles. The molecule has 2 rings (SSSR count). The maximum absolute atomic E-state index is 11.6. The first kappa shape index (κ1) is 46.5. The molecule has 0 unspecified atom stereocenters. The fourth-order valence-electron chi connectivity index (χ4n) is 3.66. The SMILES string of the molecule is C=CC(=O)N1CN(C(=O)C=C)CN(C(=O)C=C)C1.C=CC(=O)NC(C)(C)CS(=O)(=O)O.C=CC(=O)NCNC(=O)C=C.C=CN1CCCC1=O. The Balaban J connectivity index is 0. The fraction of sp³-hybridized carbons (Fsp3) is 0.344. The number of carbonyl (C=O) groups excluding carboxylic acids is 7. The van der Waals surface area contributed by atoms with Crippen LogP contribution in [0.1, 0.15) is 26.7 Å². The summed E-state index contributed by atoms with van der Waals surface area (Å²) >= 11 is 0. The molecule has 0 saturated carbocycles. The summed E-state index contributed by atoms with van der Waals surface area (Å²) in [6, 6.07) is 0. The van der Waals surface area contributed by atoms with Crippen LogP contribution in [-0.2, 0) is 43.7 Å². The van der Waals surface area contributed by atoms with Crippen LogP contribution < -0.4 is 16.0 Å². The lowest BCUT2D eigenvalue weighted by molar-refractivity contribution is -0.152. The Morgan fingerprint density at radius 1 is 0.720 bits per heavy atom. The van der Waals surface area contributed by atoms with Crippen LogP contribution in [0.25, 0.3) is 0 Å². The maximum Gasteiger partial charge on any atom is 0.267 e. The van der Waals surface area contributed by atoms with E-state index in [4.69, 9.17) is 4.55 Å². The molecule has 276 valence electrons. The molecule has 4 N–H and O–H groups in total. The zero-order valence-electron chi connectivity index (χ0n) is 28.5. The molecule has 0 aliphatic carbocycles.